The van der Waals surface area contributed by atoms with Crippen molar-refractivity contribution in [2.24, 2.45) is 0 Å². The highest BCUT2D eigenvalue weighted by atomic mass is 32.2. The molecule has 1 aliphatic heterocycles. The summed E-state index contributed by atoms with van der Waals surface area (Å²) in [4.78, 5) is 2.43. The monoisotopic (exact) mass is 348 g/mol. The smallest absolute Gasteiger partial charge is 0.243 e. The van der Waals surface area contributed by atoms with Crippen molar-refractivity contribution in [1.29, 1.82) is 0 Å². The third kappa shape index (κ3) is 3.66. The quantitative estimate of drug-likeness (QED) is 0.853. The Morgan fingerprint density at radius 3 is 2.33 bits per heavy atom. The first kappa shape index (κ1) is 17.1. The van der Waals surface area contributed by atoms with Gasteiger partial charge in [0, 0.05) is 32.2 Å². The minimum absolute atomic E-state index is 0.120. The van der Waals surface area contributed by atoms with Crippen LogP contribution in [0.5, 0.6) is 0 Å². The molecule has 6 heteroatoms. The SMILES string of the molecule is CC1CN(S(=O)(=O)c2ccc(F)cc2)CCN1Cc1ccccc1. The van der Waals surface area contributed by atoms with E-state index < -0.39 is 15.8 Å². The standard InChI is InChI=1S/C18H21FN2O2S/c1-15-13-21(24(22,23)18-9-7-17(19)8-10-18)12-11-20(15)14-16-5-3-2-4-6-16/h2-10,15H,11-14H2,1H3. The van der Waals surface area contributed by atoms with Gasteiger partial charge in [0.2, 0.25) is 10.0 Å². The molecule has 0 spiro atoms. The first-order valence-corrected chi connectivity index (χ1v) is 9.44. The normalized spacial score (nSPS) is 20.2. The molecule has 1 aliphatic rings. The van der Waals surface area contributed by atoms with Gasteiger partial charge in [-0.1, -0.05) is 30.3 Å². The summed E-state index contributed by atoms with van der Waals surface area (Å²) in [6, 6.07) is 15.3. The van der Waals surface area contributed by atoms with E-state index in [1.165, 1.54) is 34.1 Å². The van der Waals surface area contributed by atoms with Gasteiger partial charge in [0.05, 0.1) is 4.90 Å². The molecule has 0 N–H and O–H groups in total. The van der Waals surface area contributed by atoms with E-state index in [1.54, 1.807) is 0 Å². The predicted octanol–water partition coefficient (Wildman–Crippen LogP) is 2.72. The van der Waals surface area contributed by atoms with Crippen molar-refractivity contribution >= 4 is 10.0 Å². The molecule has 0 bridgehead atoms. The van der Waals surface area contributed by atoms with Crippen LogP contribution in [0.1, 0.15) is 12.5 Å². The van der Waals surface area contributed by atoms with E-state index in [9.17, 15) is 12.8 Å². The summed E-state index contributed by atoms with van der Waals surface area (Å²) in [5, 5.41) is 0. The molecule has 4 nitrogen and oxygen atoms in total. The lowest BCUT2D eigenvalue weighted by atomic mass is 10.1. The van der Waals surface area contributed by atoms with Crippen LogP contribution in [0.4, 0.5) is 4.39 Å². The Balaban J connectivity index is 1.69. The maximum atomic E-state index is 13.0. The van der Waals surface area contributed by atoms with Gasteiger partial charge in [0.25, 0.3) is 0 Å². The van der Waals surface area contributed by atoms with E-state index in [0.29, 0.717) is 19.6 Å². The zero-order chi connectivity index (χ0) is 17.2. The van der Waals surface area contributed by atoms with E-state index in [0.717, 1.165) is 6.54 Å². The van der Waals surface area contributed by atoms with Crippen molar-refractivity contribution in [3.05, 3.63) is 66.0 Å². The van der Waals surface area contributed by atoms with Gasteiger partial charge in [-0.25, -0.2) is 12.8 Å². The summed E-state index contributed by atoms with van der Waals surface area (Å²) in [6.45, 7) is 4.40. The maximum Gasteiger partial charge on any atom is 0.243 e. The highest BCUT2D eigenvalue weighted by Gasteiger charge is 2.32. The van der Waals surface area contributed by atoms with E-state index in [-0.39, 0.29) is 10.9 Å². The first-order valence-electron chi connectivity index (χ1n) is 8.00. The van der Waals surface area contributed by atoms with Crippen LogP contribution in [-0.2, 0) is 16.6 Å². The van der Waals surface area contributed by atoms with Crippen LogP contribution in [0.15, 0.2) is 59.5 Å². The Labute approximate surface area is 142 Å². The Kier molecular flexibility index (Phi) is 4.99. The molecule has 1 fully saturated rings. The number of rotatable bonds is 4. The number of sulfonamides is 1. The zero-order valence-corrected chi connectivity index (χ0v) is 14.4. The van der Waals surface area contributed by atoms with E-state index in [1.807, 2.05) is 25.1 Å². The molecular weight excluding hydrogens is 327 g/mol. The largest absolute Gasteiger partial charge is 0.294 e. The van der Waals surface area contributed by atoms with Crippen LogP contribution in [0, 0.1) is 5.82 Å². The van der Waals surface area contributed by atoms with Gasteiger partial charge in [0.1, 0.15) is 5.82 Å². The summed E-state index contributed by atoms with van der Waals surface area (Å²) >= 11 is 0. The van der Waals surface area contributed by atoms with Gasteiger partial charge in [-0.15, -0.1) is 0 Å². The molecule has 0 saturated carbocycles. The van der Waals surface area contributed by atoms with Gasteiger partial charge in [-0.05, 0) is 36.8 Å². The van der Waals surface area contributed by atoms with Crippen molar-refractivity contribution in [1.82, 2.24) is 9.21 Å². The average molecular weight is 348 g/mol. The second-order valence-corrected chi connectivity index (χ2v) is 8.06. The van der Waals surface area contributed by atoms with E-state index >= 15 is 0 Å². The topological polar surface area (TPSA) is 40.6 Å². The van der Waals surface area contributed by atoms with Crippen LogP contribution < -0.4 is 0 Å². The number of piperazine rings is 1. The molecule has 0 amide bonds. The molecule has 3 rings (SSSR count). The van der Waals surface area contributed by atoms with Crippen LogP contribution in [-0.4, -0.2) is 43.3 Å². The average Bonchev–Trinajstić information content (AvgIpc) is 2.58. The number of hydrogen-bond donors (Lipinski definition) is 0. The Morgan fingerprint density at radius 2 is 1.71 bits per heavy atom. The molecule has 1 heterocycles. The van der Waals surface area contributed by atoms with Crippen molar-refractivity contribution in [2.75, 3.05) is 19.6 Å². The molecule has 2 aromatic rings. The molecular formula is C18H21FN2O2S. The first-order chi connectivity index (χ1) is 11.5. The number of nitrogens with zero attached hydrogens (tertiary/aromatic N) is 2. The summed E-state index contributed by atoms with van der Waals surface area (Å²) in [6.07, 6.45) is 0. The summed E-state index contributed by atoms with van der Waals surface area (Å²) in [5.41, 5.74) is 1.22. The Bertz CT molecular complexity index is 778. The lowest BCUT2D eigenvalue weighted by Crippen LogP contribution is -2.53. The molecule has 0 aliphatic carbocycles. The third-order valence-electron chi connectivity index (χ3n) is 4.41. The fourth-order valence-corrected chi connectivity index (χ4v) is 4.50. The molecule has 1 atom stereocenters. The molecule has 0 aromatic heterocycles. The van der Waals surface area contributed by atoms with E-state index in [2.05, 4.69) is 17.0 Å². The number of benzene rings is 2. The zero-order valence-electron chi connectivity index (χ0n) is 13.6. The Morgan fingerprint density at radius 1 is 1.04 bits per heavy atom. The molecule has 128 valence electrons. The molecule has 1 unspecified atom stereocenters. The molecule has 2 aromatic carbocycles. The molecule has 24 heavy (non-hydrogen) atoms. The van der Waals surface area contributed by atoms with Crippen molar-refractivity contribution in [2.45, 2.75) is 24.4 Å². The fourth-order valence-electron chi connectivity index (χ4n) is 2.99. The minimum atomic E-state index is -3.57. The second-order valence-electron chi connectivity index (χ2n) is 6.12. The fraction of sp³-hybridized carbons (Fsp3) is 0.333. The van der Waals surface area contributed by atoms with Crippen molar-refractivity contribution in [3.63, 3.8) is 0 Å². The summed E-state index contributed by atoms with van der Waals surface area (Å²) < 4.78 is 39.9. The van der Waals surface area contributed by atoms with Crippen LogP contribution in [0.2, 0.25) is 0 Å². The van der Waals surface area contributed by atoms with Gasteiger partial charge < -0.3 is 0 Å². The maximum absolute atomic E-state index is 13.0. The molecule has 1 saturated heterocycles. The van der Waals surface area contributed by atoms with Crippen LogP contribution in [0.25, 0.3) is 0 Å². The van der Waals surface area contributed by atoms with Crippen LogP contribution in [0.3, 0.4) is 0 Å². The third-order valence-corrected chi connectivity index (χ3v) is 6.29. The van der Waals surface area contributed by atoms with Gasteiger partial charge in [-0.2, -0.15) is 4.31 Å². The lowest BCUT2D eigenvalue weighted by Gasteiger charge is -2.39. The minimum Gasteiger partial charge on any atom is -0.294 e. The summed E-state index contributed by atoms with van der Waals surface area (Å²) in [7, 11) is -3.57. The highest BCUT2D eigenvalue weighted by molar-refractivity contribution is 7.89. The Hall–Kier alpha value is -1.76. The van der Waals surface area contributed by atoms with Gasteiger partial charge in [-0.3, -0.25) is 4.90 Å². The van der Waals surface area contributed by atoms with Crippen molar-refractivity contribution in [3.8, 4) is 0 Å². The van der Waals surface area contributed by atoms with Gasteiger partial charge >= 0.3 is 0 Å². The number of hydrogen-bond acceptors (Lipinski definition) is 3. The van der Waals surface area contributed by atoms with E-state index in [4.69, 9.17) is 0 Å². The lowest BCUT2D eigenvalue weighted by molar-refractivity contribution is 0.122. The van der Waals surface area contributed by atoms with Gasteiger partial charge in [0.15, 0.2) is 0 Å². The molecule has 0 radical (unpaired) electrons. The predicted molar refractivity (Wildman–Crippen MR) is 91.5 cm³/mol. The second kappa shape index (κ2) is 7.01. The number of halogens is 1. The van der Waals surface area contributed by atoms with Crippen LogP contribution >= 0.6 is 0 Å². The highest BCUT2D eigenvalue weighted by Crippen LogP contribution is 2.21. The summed E-state index contributed by atoms with van der Waals surface area (Å²) in [5.74, 6) is -0.435. The van der Waals surface area contributed by atoms with Crippen molar-refractivity contribution < 1.29 is 12.8 Å².